The molecule has 0 spiro atoms. The molecular weight excluding hydrogens is 240 g/mol. The third-order valence-corrected chi connectivity index (χ3v) is 4.11. The van der Waals surface area contributed by atoms with E-state index in [1.165, 1.54) is 6.42 Å². The quantitative estimate of drug-likeness (QED) is 0.868. The van der Waals surface area contributed by atoms with Crippen molar-refractivity contribution < 1.29 is 9.90 Å². The highest BCUT2D eigenvalue weighted by Crippen LogP contribution is 2.23. The van der Waals surface area contributed by atoms with Crippen molar-refractivity contribution in [3.63, 3.8) is 0 Å². The third kappa shape index (κ3) is 3.55. The number of hydrogen-bond donors (Lipinski definition) is 2. The molecule has 2 unspecified atom stereocenters. The van der Waals surface area contributed by atoms with Gasteiger partial charge in [0, 0.05) is 13.1 Å². The number of likely N-dealkylation sites (tertiary alicyclic amines) is 1. The fourth-order valence-electron chi connectivity index (χ4n) is 2.69. The van der Waals surface area contributed by atoms with Gasteiger partial charge in [0.2, 0.25) is 0 Å². The van der Waals surface area contributed by atoms with Crippen LogP contribution in [0.2, 0.25) is 0 Å². The Morgan fingerprint density at radius 3 is 2.68 bits per heavy atom. The van der Waals surface area contributed by atoms with E-state index in [-0.39, 0.29) is 0 Å². The number of rotatable bonds is 4. The maximum absolute atomic E-state index is 10.8. The van der Waals surface area contributed by atoms with Crippen LogP contribution in [0.4, 0.5) is 0 Å². The maximum atomic E-state index is 10.8. The van der Waals surface area contributed by atoms with Gasteiger partial charge in [0.05, 0.1) is 5.56 Å². The highest BCUT2D eigenvalue weighted by Gasteiger charge is 2.24. The van der Waals surface area contributed by atoms with Crippen molar-refractivity contribution in [1.29, 1.82) is 0 Å². The lowest BCUT2D eigenvalue weighted by atomic mass is 9.87. The number of aromatic carboxylic acids is 1. The lowest BCUT2D eigenvalue weighted by Gasteiger charge is -2.36. The third-order valence-electron chi connectivity index (χ3n) is 4.11. The van der Waals surface area contributed by atoms with Crippen LogP contribution < -0.4 is 5.73 Å². The summed E-state index contributed by atoms with van der Waals surface area (Å²) in [7, 11) is 0. The van der Waals surface area contributed by atoms with Gasteiger partial charge in [-0.1, -0.05) is 19.1 Å². The average molecular weight is 262 g/mol. The van der Waals surface area contributed by atoms with E-state index in [4.69, 9.17) is 10.8 Å². The summed E-state index contributed by atoms with van der Waals surface area (Å²) >= 11 is 0. The second-order valence-electron chi connectivity index (χ2n) is 5.50. The summed E-state index contributed by atoms with van der Waals surface area (Å²) in [5.74, 6) is 0.407. The second-order valence-corrected chi connectivity index (χ2v) is 5.50. The molecule has 1 aliphatic rings. The fourth-order valence-corrected chi connectivity index (χ4v) is 2.69. The van der Waals surface area contributed by atoms with Gasteiger partial charge in [0.25, 0.3) is 0 Å². The van der Waals surface area contributed by atoms with E-state index in [9.17, 15) is 4.79 Å². The summed E-state index contributed by atoms with van der Waals surface area (Å²) in [5.41, 5.74) is 7.32. The van der Waals surface area contributed by atoms with E-state index in [2.05, 4.69) is 11.8 Å². The molecule has 1 saturated heterocycles. The highest BCUT2D eigenvalue weighted by molar-refractivity contribution is 5.87. The molecule has 0 amide bonds. The minimum Gasteiger partial charge on any atom is -0.478 e. The predicted octanol–water partition coefficient (Wildman–Crippen LogP) is 1.80. The van der Waals surface area contributed by atoms with Gasteiger partial charge < -0.3 is 10.8 Å². The van der Waals surface area contributed by atoms with Crippen molar-refractivity contribution in [3.05, 3.63) is 35.4 Å². The van der Waals surface area contributed by atoms with E-state index < -0.39 is 5.97 Å². The van der Waals surface area contributed by atoms with Gasteiger partial charge in [-0.25, -0.2) is 4.79 Å². The first kappa shape index (κ1) is 14.0. The van der Waals surface area contributed by atoms with Crippen LogP contribution in [0.15, 0.2) is 24.3 Å². The first-order valence-corrected chi connectivity index (χ1v) is 6.85. The van der Waals surface area contributed by atoms with Gasteiger partial charge >= 0.3 is 5.97 Å². The molecule has 1 heterocycles. The monoisotopic (exact) mass is 262 g/mol. The van der Waals surface area contributed by atoms with Crippen LogP contribution >= 0.6 is 0 Å². The molecule has 104 valence electrons. The van der Waals surface area contributed by atoms with Gasteiger partial charge in [-0.3, -0.25) is 4.90 Å². The van der Waals surface area contributed by atoms with Gasteiger partial charge in [-0.2, -0.15) is 0 Å². The molecule has 4 nitrogen and oxygen atoms in total. The molecule has 2 atom stereocenters. The minimum absolute atomic E-state index is 0.343. The second kappa shape index (κ2) is 6.17. The lowest BCUT2D eigenvalue weighted by Crippen LogP contribution is -2.42. The summed E-state index contributed by atoms with van der Waals surface area (Å²) in [4.78, 5) is 13.2. The van der Waals surface area contributed by atoms with Crippen molar-refractivity contribution in [1.82, 2.24) is 4.90 Å². The van der Waals surface area contributed by atoms with Crippen molar-refractivity contribution >= 4 is 5.97 Å². The van der Waals surface area contributed by atoms with E-state index in [1.807, 2.05) is 12.1 Å². The predicted molar refractivity (Wildman–Crippen MR) is 75.0 cm³/mol. The van der Waals surface area contributed by atoms with E-state index in [1.54, 1.807) is 12.1 Å². The van der Waals surface area contributed by atoms with Crippen LogP contribution in [-0.2, 0) is 6.54 Å². The number of nitrogens with two attached hydrogens (primary N) is 1. The molecule has 1 aliphatic heterocycles. The molecule has 3 N–H and O–H groups in total. The molecule has 0 bridgehead atoms. The minimum atomic E-state index is -0.874. The molecule has 1 aromatic rings. The zero-order valence-corrected chi connectivity index (χ0v) is 11.4. The van der Waals surface area contributed by atoms with Gasteiger partial charge in [-0.15, -0.1) is 0 Å². The number of hydrogen-bond acceptors (Lipinski definition) is 3. The first-order chi connectivity index (χ1) is 9.10. The molecule has 2 rings (SSSR count). The van der Waals surface area contributed by atoms with Crippen LogP contribution in [0.25, 0.3) is 0 Å². The summed E-state index contributed by atoms with van der Waals surface area (Å²) in [6.45, 7) is 6.03. The Bertz CT molecular complexity index is 430. The Balaban J connectivity index is 1.95. The van der Waals surface area contributed by atoms with Gasteiger partial charge in [-0.05, 0) is 49.0 Å². The highest BCUT2D eigenvalue weighted by atomic mass is 16.4. The maximum Gasteiger partial charge on any atom is 0.335 e. The van der Waals surface area contributed by atoms with Crippen LogP contribution in [0.1, 0.15) is 29.3 Å². The normalized spacial score (nSPS) is 24.3. The Kier molecular flexibility index (Phi) is 4.56. The summed E-state index contributed by atoms with van der Waals surface area (Å²) in [5, 5.41) is 8.87. The average Bonchev–Trinajstić information content (AvgIpc) is 2.41. The van der Waals surface area contributed by atoms with E-state index in [0.717, 1.165) is 31.7 Å². The summed E-state index contributed by atoms with van der Waals surface area (Å²) in [6, 6.07) is 7.15. The number of nitrogens with zero attached hydrogens (tertiary/aromatic N) is 1. The molecule has 0 radical (unpaired) electrons. The molecule has 0 aliphatic carbocycles. The van der Waals surface area contributed by atoms with Crippen LogP contribution in [0, 0.1) is 11.8 Å². The molecule has 1 aromatic carbocycles. The van der Waals surface area contributed by atoms with Crippen molar-refractivity contribution in [2.24, 2.45) is 17.6 Å². The van der Waals surface area contributed by atoms with Gasteiger partial charge in [0.1, 0.15) is 0 Å². The Morgan fingerprint density at radius 2 is 2.11 bits per heavy atom. The van der Waals surface area contributed by atoms with Crippen LogP contribution in [0.5, 0.6) is 0 Å². The molecule has 4 heteroatoms. The Labute approximate surface area is 114 Å². The van der Waals surface area contributed by atoms with Crippen molar-refractivity contribution in [2.45, 2.75) is 19.9 Å². The molecule has 19 heavy (non-hydrogen) atoms. The van der Waals surface area contributed by atoms with Crippen molar-refractivity contribution in [3.8, 4) is 0 Å². The number of benzene rings is 1. The summed E-state index contributed by atoms with van der Waals surface area (Å²) in [6.07, 6.45) is 1.19. The van der Waals surface area contributed by atoms with E-state index >= 15 is 0 Å². The topological polar surface area (TPSA) is 66.6 Å². The number of carbonyl (C=O) groups is 1. The Hall–Kier alpha value is -1.39. The smallest absolute Gasteiger partial charge is 0.335 e. The molecule has 0 aromatic heterocycles. The number of carboxylic acid groups (broad SMARTS) is 1. The van der Waals surface area contributed by atoms with Gasteiger partial charge in [0.15, 0.2) is 0 Å². The van der Waals surface area contributed by atoms with E-state index in [0.29, 0.717) is 17.4 Å². The number of carboxylic acids is 1. The molecule has 0 saturated carbocycles. The fraction of sp³-hybridized carbons (Fsp3) is 0.533. The van der Waals surface area contributed by atoms with Crippen LogP contribution in [0.3, 0.4) is 0 Å². The zero-order chi connectivity index (χ0) is 13.8. The lowest BCUT2D eigenvalue weighted by molar-refractivity contribution is 0.0697. The SMILES string of the molecule is CC1CCN(Cc2ccc(C(=O)O)cc2)CC1CN. The summed E-state index contributed by atoms with van der Waals surface area (Å²) < 4.78 is 0. The number of piperidine rings is 1. The molecule has 1 fully saturated rings. The Morgan fingerprint density at radius 1 is 1.42 bits per heavy atom. The molecular formula is C15H22N2O2. The zero-order valence-electron chi connectivity index (χ0n) is 11.4. The van der Waals surface area contributed by atoms with Crippen molar-refractivity contribution in [2.75, 3.05) is 19.6 Å². The standard InChI is InChI=1S/C15H22N2O2/c1-11-6-7-17(10-14(11)8-16)9-12-2-4-13(5-3-12)15(18)19/h2-5,11,14H,6-10,16H2,1H3,(H,18,19). The van der Waals surface area contributed by atoms with Crippen LogP contribution in [-0.4, -0.2) is 35.6 Å². The first-order valence-electron chi connectivity index (χ1n) is 6.85. The largest absolute Gasteiger partial charge is 0.478 e.